The second kappa shape index (κ2) is 12.1. The molecule has 2 aromatic carbocycles. The summed E-state index contributed by atoms with van der Waals surface area (Å²) in [5, 5.41) is 9.80. The van der Waals surface area contributed by atoms with Crippen LogP contribution in [0.3, 0.4) is 0 Å². The third-order valence-electron chi connectivity index (χ3n) is 6.28. The number of amides is 1. The quantitative estimate of drug-likeness (QED) is 0.575. The van der Waals surface area contributed by atoms with Crippen molar-refractivity contribution in [2.75, 3.05) is 26.7 Å². The summed E-state index contributed by atoms with van der Waals surface area (Å²) in [6.07, 6.45) is 0.119. The Balaban J connectivity index is 2.00. The number of aliphatic hydroxyl groups is 1. The molecule has 37 heavy (non-hydrogen) atoms. The molecule has 0 spiro atoms. The molecule has 0 unspecified atom stereocenters. The highest BCUT2D eigenvalue weighted by molar-refractivity contribution is 7.89. The summed E-state index contributed by atoms with van der Waals surface area (Å²) in [6.45, 7) is 7.50. The van der Waals surface area contributed by atoms with Gasteiger partial charge in [-0.3, -0.25) is 4.79 Å². The molecule has 0 radical (unpaired) electrons. The summed E-state index contributed by atoms with van der Waals surface area (Å²) >= 11 is 0. The smallest absolute Gasteiger partial charge is 0.253 e. The fourth-order valence-electron chi connectivity index (χ4n) is 4.07. The van der Waals surface area contributed by atoms with Crippen LogP contribution in [0.5, 0.6) is 5.75 Å². The Morgan fingerprint density at radius 2 is 1.97 bits per heavy atom. The van der Waals surface area contributed by atoms with Crippen molar-refractivity contribution in [2.45, 2.75) is 51.2 Å². The van der Waals surface area contributed by atoms with E-state index in [2.05, 4.69) is 25.7 Å². The van der Waals surface area contributed by atoms with Gasteiger partial charge in [-0.15, -0.1) is 0 Å². The number of carbonyl (C=O) groups excluding carboxylic acids is 1. The molecule has 0 aliphatic carbocycles. The van der Waals surface area contributed by atoms with Gasteiger partial charge in [-0.05, 0) is 49.2 Å². The van der Waals surface area contributed by atoms with Crippen molar-refractivity contribution in [3.05, 3.63) is 59.4 Å². The average Bonchev–Trinajstić information content (AvgIpc) is 2.84. The van der Waals surface area contributed by atoms with Crippen molar-refractivity contribution in [3.8, 4) is 17.6 Å². The zero-order valence-electron chi connectivity index (χ0n) is 21.9. The standard InChI is InChI=1S/C28H35FN2O5S/c1-19(2)8-6-9-22-12-13-27-25(14-22)36-26(20(3)16-31(21(4)18-32)37(27,34)35)17-30(5)28(33)23-10-7-11-24(29)15-23/h7,10-15,19-21,26,32H,8,16-18H2,1-5H3/t20-,21-,26+/m1/s1. The number of ether oxygens (including phenoxy) is 1. The van der Waals surface area contributed by atoms with Gasteiger partial charge in [0.25, 0.3) is 5.91 Å². The maximum Gasteiger partial charge on any atom is 0.253 e. The molecular formula is C28H35FN2O5S. The number of aliphatic hydroxyl groups excluding tert-OH is 1. The molecule has 0 bridgehead atoms. The molecule has 2 aromatic rings. The number of halogens is 1. The van der Waals surface area contributed by atoms with E-state index in [1.165, 1.54) is 33.5 Å². The van der Waals surface area contributed by atoms with Gasteiger partial charge in [-0.25, -0.2) is 12.8 Å². The molecule has 9 heteroatoms. The van der Waals surface area contributed by atoms with Crippen LogP contribution in [0.2, 0.25) is 0 Å². The van der Waals surface area contributed by atoms with E-state index in [9.17, 15) is 22.7 Å². The van der Waals surface area contributed by atoms with Gasteiger partial charge >= 0.3 is 0 Å². The first-order valence-corrected chi connectivity index (χ1v) is 13.8. The Morgan fingerprint density at radius 3 is 2.62 bits per heavy atom. The highest BCUT2D eigenvalue weighted by Gasteiger charge is 2.38. The molecule has 0 saturated carbocycles. The van der Waals surface area contributed by atoms with E-state index in [1.807, 2.05) is 6.92 Å². The minimum Gasteiger partial charge on any atom is -0.487 e. The van der Waals surface area contributed by atoms with E-state index in [-0.39, 0.29) is 47.7 Å². The van der Waals surface area contributed by atoms with Crippen molar-refractivity contribution in [1.29, 1.82) is 0 Å². The van der Waals surface area contributed by atoms with Crippen LogP contribution in [0.15, 0.2) is 47.4 Å². The molecule has 0 saturated heterocycles. The summed E-state index contributed by atoms with van der Waals surface area (Å²) in [5.74, 6) is 5.50. The number of hydrogen-bond donors (Lipinski definition) is 1. The van der Waals surface area contributed by atoms with Gasteiger partial charge in [0, 0.05) is 43.1 Å². The monoisotopic (exact) mass is 530 g/mol. The zero-order valence-corrected chi connectivity index (χ0v) is 22.8. The van der Waals surface area contributed by atoms with Gasteiger partial charge in [-0.2, -0.15) is 4.31 Å². The number of nitrogens with zero attached hydrogens (tertiary/aromatic N) is 2. The third-order valence-corrected chi connectivity index (χ3v) is 8.30. The molecule has 1 heterocycles. The average molecular weight is 531 g/mol. The second-order valence-corrected chi connectivity index (χ2v) is 11.9. The first kappa shape index (κ1) is 28.6. The van der Waals surface area contributed by atoms with Crippen molar-refractivity contribution < 1.29 is 27.4 Å². The number of hydrogen-bond acceptors (Lipinski definition) is 5. The number of likely N-dealkylation sites (N-methyl/N-ethyl adjacent to an activating group) is 1. The molecule has 1 N–H and O–H groups in total. The van der Waals surface area contributed by atoms with Crippen LogP contribution in [-0.2, 0) is 10.0 Å². The number of benzene rings is 2. The Hall–Kier alpha value is -2.93. The van der Waals surface area contributed by atoms with Gasteiger partial charge < -0.3 is 14.7 Å². The Bertz CT molecular complexity index is 1280. The van der Waals surface area contributed by atoms with Crippen LogP contribution in [0.1, 0.15) is 50.0 Å². The number of fused-ring (bicyclic) bond motifs is 1. The molecule has 7 nitrogen and oxygen atoms in total. The van der Waals surface area contributed by atoms with E-state index in [0.717, 1.165) is 0 Å². The van der Waals surface area contributed by atoms with E-state index in [1.54, 1.807) is 32.2 Å². The lowest BCUT2D eigenvalue weighted by Crippen LogP contribution is -2.50. The lowest BCUT2D eigenvalue weighted by Gasteiger charge is -2.37. The summed E-state index contributed by atoms with van der Waals surface area (Å²) < 4.78 is 48.4. The van der Waals surface area contributed by atoms with Gasteiger partial charge in [0.05, 0.1) is 13.2 Å². The molecule has 3 atom stereocenters. The zero-order chi connectivity index (χ0) is 27.3. The fourth-order valence-corrected chi connectivity index (χ4v) is 5.90. The normalized spacial score (nSPS) is 20.0. The maximum absolute atomic E-state index is 13.7. The van der Waals surface area contributed by atoms with E-state index < -0.39 is 28.0 Å². The topological polar surface area (TPSA) is 87.2 Å². The number of rotatable bonds is 6. The molecule has 200 valence electrons. The lowest BCUT2D eigenvalue weighted by atomic mass is 10.0. The highest BCUT2D eigenvalue weighted by Crippen LogP contribution is 2.34. The first-order valence-electron chi connectivity index (χ1n) is 12.4. The molecule has 1 amide bonds. The van der Waals surface area contributed by atoms with Crippen molar-refractivity contribution in [3.63, 3.8) is 0 Å². The fraction of sp³-hybridized carbons (Fsp3) is 0.464. The number of sulfonamides is 1. The van der Waals surface area contributed by atoms with E-state index in [4.69, 9.17) is 4.74 Å². The Kier molecular flexibility index (Phi) is 9.35. The third kappa shape index (κ3) is 6.89. The lowest BCUT2D eigenvalue weighted by molar-refractivity contribution is 0.0563. The SMILES string of the molecule is CC(C)CC#Cc1ccc2c(c1)O[C@@H](CN(C)C(=O)c1cccc(F)c1)[C@H](C)CN([C@H](C)CO)S2(=O)=O. The minimum atomic E-state index is -3.98. The van der Waals surface area contributed by atoms with Crippen molar-refractivity contribution >= 4 is 15.9 Å². The van der Waals surface area contributed by atoms with Gasteiger partial charge in [0.15, 0.2) is 0 Å². The summed E-state index contributed by atoms with van der Waals surface area (Å²) in [6, 6.07) is 9.55. The summed E-state index contributed by atoms with van der Waals surface area (Å²) in [4.78, 5) is 14.4. The molecule has 1 aliphatic rings. The van der Waals surface area contributed by atoms with Gasteiger partial charge in [0.2, 0.25) is 10.0 Å². The van der Waals surface area contributed by atoms with Gasteiger partial charge in [0.1, 0.15) is 22.6 Å². The molecule has 3 rings (SSSR count). The maximum atomic E-state index is 13.7. The van der Waals surface area contributed by atoms with Crippen molar-refractivity contribution in [2.24, 2.45) is 11.8 Å². The van der Waals surface area contributed by atoms with E-state index >= 15 is 0 Å². The van der Waals surface area contributed by atoms with Crippen LogP contribution in [-0.4, -0.2) is 67.5 Å². The predicted molar refractivity (Wildman–Crippen MR) is 140 cm³/mol. The predicted octanol–water partition coefficient (Wildman–Crippen LogP) is 3.76. The molecular weight excluding hydrogens is 495 g/mol. The van der Waals surface area contributed by atoms with E-state index in [0.29, 0.717) is 17.9 Å². The Labute approximate surface area is 219 Å². The molecule has 0 fully saturated rings. The van der Waals surface area contributed by atoms with Crippen molar-refractivity contribution in [1.82, 2.24) is 9.21 Å². The van der Waals surface area contributed by atoms with Crippen LogP contribution < -0.4 is 4.74 Å². The molecule has 0 aromatic heterocycles. The van der Waals surface area contributed by atoms with Crippen LogP contribution in [0.4, 0.5) is 4.39 Å². The van der Waals surface area contributed by atoms with Crippen LogP contribution >= 0.6 is 0 Å². The Morgan fingerprint density at radius 1 is 1.24 bits per heavy atom. The summed E-state index contributed by atoms with van der Waals surface area (Å²) in [7, 11) is -2.38. The highest BCUT2D eigenvalue weighted by atomic mass is 32.2. The van der Waals surface area contributed by atoms with Crippen LogP contribution in [0, 0.1) is 29.5 Å². The first-order chi connectivity index (χ1) is 17.4. The van der Waals surface area contributed by atoms with Gasteiger partial charge in [-0.1, -0.05) is 38.7 Å². The minimum absolute atomic E-state index is 0.0155. The number of carbonyl (C=O) groups is 1. The largest absolute Gasteiger partial charge is 0.487 e. The second-order valence-electron chi connectivity index (χ2n) is 10.00. The van der Waals surface area contributed by atoms with Crippen LogP contribution in [0.25, 0.3) is 0 Å². The summed E-state index contributed by atoms with van der Waals surface area (Å²) in [5.41, 5.74) is 0.828. The molecule has 1 aliphatic heterocycles.